The van der Waals surface area contributed by atoms with Crippen LogP contribution in [0.15, 0.2) is 0 Å². The lowest BCUT2D eigenvalue weighted by molar-refractivity contribution is -0.138. The molecule has 0 aromatic carbocycles. The largest absolute Gasteiger partial charge is 0.375 e. The standard InChI is InChI=1S/C16H27N3O2/c1-13(2)19-8-9-21-14(11-19)10-15(20)18-6-4-16(3,12-17)5-7-18/h13-14H,4-11H2,1-3H3/t14-/m1/s1. The summed E-state index contributed by atoms with van der Waals surface area (Å²) in [5.41, 5.74) is -0.257. The Hall–Kier alpha value is -1.12. The third kappa shape index (κ3) is 4.18. The summed E-state index contributed by atoms with van der Waals surface area (Å²) < 4.78 is 5.74. The van der Waals surface area contributed by atoms with Crippen LogP contribution < -0.4 is 0 Å². The van der Waals surface area contributed by atoms with Gasteiger partial charge >= 0.3 is 0 Å². The van der Waals surface area contributed by atoms with Crippen molar-refractivity contribution in [2.45, 2.75) is 52.2 Å². The van der Waals surface area contributed by atoms with E-state index in [0.29, 0.717) is 32.2 Å². The first-order valence-electron chi connectivity index (χ1n) is 7.98. The molecule has 118 valence electrons. The summed E-state index contributed by atoms with van der Waals surface area (Å²) in [6.45, 7) is 10.2. The number of piperidine rings is 1. The molecule has 2 aliphatic rings. The van der Waals surface area contributed by atoms with Crippen LogP contribution in [-0.2, 0) is 9.53 Å². The van der Waals surface area contributed by atoms with Gasteiger partial charge in [-0.3, -0.25) is 9.69 Å². The third-order valence-electron chi connectivity index (χ3n) is 4.79. The highest BCUT2D eigenvalue weighted by Gasteiger charge is 2.33. The number of hydrogen-bond donors (Lipinski definition) is 0. The minimum atomic E-state index is -0.257. The molecule has 0 radical (unpaired) electrons. The van der Waals surface area contributed by atoms with Crippen molar-refractivity contribution in [2.24, 2.45) is 5.41 Å². The predicted molar refractivity (Wildman–Crippen MR) is 80.6 cm³/mol. The second-order valence-corrected chi connectivity index (χ2v) is 6.84. The minimum absolute atomic E-state index is 0.0120. The van der Waals surface area contributed by atoms with Gasteiger partial charge in [0.2, 0.25) is 5.91 Å². The summed E-state index contributed by atoms with van der Waals surface area (Å²) in [4.78, 5) is 16.7. The van der Waals surface area contributed by atoms with Crippen LogP contribution in [0.1, 0.15) is 40.0 Å². The van der Waals surface area contributed by atoms with Gasteiger partial charge in [-0.25, -0.2) is 0 Å². The number of likely N-dealkylation sites (tertiary alicyclic amines) is 1. The second-order valence-electron chi connectivity index (χ2n) is 6.84. The third-order valence-corrected chi connectivity index (χ3v) is 4.79. The van der Waals surface area contributed by atoms with Gasteiger partial charge in [-0.05, 0) is 33.6 Å². The number of morpholine rings is 1. The fraction of sp³-hybridized carbons (Fsp3) is 0.875. The Bertz CT molecular complexity index is 408. The summed E-state index contributed by atoms with van der Waals surface area (Å²) in [5, 5.41) is 9.14. The van der Waals surface area contributed by atoms with Crippen molar-refractivity contribution < 1.29 is 9.53 Å². The zero-order valence-corrected chi connectivity index (χ0v) is 13.5. The Morgan fingerprint density at radius 3 is 2.62 bits per heavy atom. The number of nitriles is 1. The lowest BCUT2D eigenvalue weighted by Gasteiger charge is -2.38. The van der Waals surface area contributed by atoms with Gasteiger partial charge in [0.15, 0.2) is 0 Å². The van der Waals surface area contributed by atoms with Crippen LogP contribution in [0.25, 0.3) is 0 Å². The molecule has 5 heteroatoms. The molecule has 1 atom stereocenters. The fourth-order valence-corrected chi connectivity index (χ4v) is 3.02. The maximum Gasteiger partial charge on any atom is 0.225 e. The molecule has 2 heterocycles. The molecule has 0 bridgehead atoms. The average molecular weight is 293 g/mol. The predicted octanol–water partition coefficient (Wildman–Crippen LogP) is 1.64. The molecule has 0 aromatic heterocycles. The second kappa shape index (κ2) is 6.76. The van der Waals surface area contributed by atoms with E-state index < -0.39 is 0 Å². The summed E-state index contributed by atoms with van der Waals surface area (Å²) in [6, 6.07) is 2.87. The number of ether oxygens (including phenoxy) is 1. The number of carbonyl (C=O) groups is 1. The molecule has 0 saturated carbocycles. The highest BCUT2D eigenvalue weighted by molar-refractivity contribution is 5.76. The van der Waals surface area contributed by atoms with Crippen LogP contribution in [-0.4, -0.2) is 60.6 Å². The molecule has 2 aliphatic heterocycles. The Kier molecular flexibility index (Phi) is 5.23. The zero-order chi connectivity index (χ0) is 15.5. The van der Waals surface area contributed by atoms with Crippen LogP contribution in [0, 0.1) is 16.7 Å². The summed E-state index contributed by atoms with van der Waals surface area (Å²) >= 11 is 0. The van der Waals surface area contributed by atoms with Crippen molar-refractivity contribution in [2.75, 3.05) is 32.8 Å². The van der Waals surface area contributed by atoms with E-state index in [1.165, 1.54) is 0 Å². The van der Waals surface area contributed by atoms with Crippen molar-refractivity contribution in [1.82, 2.24) is 9.80 Å². The van der Waals surface area contributed by atoms with Crippen molar-refractivity contribution in [1.29, 1.82) is 5.26 Å². The first kappa shape index (κ1) is 16.3. The van der Waals surface area contributed by atoms with Crippen LogP contribution in [0.4, 0.5) is 0 Å². The van der Waals surface area contributed by atoms with Gasteiger partial charge in [0.05, 0.1) is 30.6 Å². The van der Waals surface area contributed by atoms with Crippen LogP contribution in [0.3, 0.4) is 0 Å². The van der Waals surface area contributed by atoms with Crippen molar-refractivity contribution in [3.63, 3.8) is 0 Å². The molecule has 1 amide bonds. The SMILES string of the molecule is CC(C)N1CCO[C@H](CC(=O)N2CCC(C)(C#N)CC2)C1. The molecular weight excluding hydrogens is 266 g/mol. The highest BCUT2D eigenvalue weighted by Crippen LogP contribution is 2.30. The van der Waals surface area contributed by atoms with Gasteiger partial charge in [-0.2, -0.15) is 5.26 Å². The maximum atomic E-state index is 12.4. The normalized spacial score (nSPS) is 26.6. The average Bonchev–Trinajstić information content (AvgIpc) is 2.48. The summed E-state index contributed by atoms with van der Waals surface area (Å²) in [6.07, 6.45) is 2.03. The van der Waals surface area contributed by atoms with E-state index in [1.807, 2.05) is 11.8 Å². The van der Waals surface area contributed by atoms with E-state index in [-0.39, 0.29) is 17.4 Å². The Balaban J connectivity index is 1.81. The van der Waals surface area contributed by atoms with E-state index >= 15 is 0 Å². The van der Waals surface area contributed by atoms with Crippen molar-refractivity contribution in [3.05, 3.63) is 0 Å². The van der Waals surface area contributed by atoms with E-state index in [2.05, 4.69) is 24.8 Å². The van der Waals surface area contributed by atoms with E-state index in [0.717, 1.165) is 25.9 Å². The smallest absolute Gasteiger partial charge is 0.225 e. The van der Waals surface area contributed by atoms with Crippen LogP contribution in [0.2, 0.25) is 0 Å². The Labute approximate surface area is 127 Å². The first-order chi connectivity index (χ1) is 9.93. The molecule has 0 spiro atoms. The molecule has 2 saturated heterocycles. The van der Waals surface area contributed by atoms with Crippen molar-refractivity contribution >= 4 is 5.91 Å². The van der Waals surface area contributed by atoms with Gasteiger partial charge in [0, 0.05) is 32.2 Å². The zero-order valence-electron chi connectivity index (χ0n) is 13.5. The van der Waals surface area contributed by atoms with Gasteiger partial charge < -0.3 is 9.64 Å². The maximum absolute atomic E-state index is 12.4. The number of rotatable bonds is 3. The van der Waals surface area contributed by atoms with Gasteiger partial charge in [-0.1, -0.05) is 0 Å². The van der Waals surface area contributed by atoms with Crippen LogP contribution >= 0.6 is 0 Å². The quantitative estimate of drug-likeness (QED) is 0.794. The lowest BCUT2D eigenvalue weighted by Crippen LogP contribution is -2.48. The fourth-order valence-electron chi connectivity index (χ4n) is 3.02. The van der Waals surface area contributed by atoms with Crippen LogP contribution in [0.5, 0.6) is 0 Å². The molecule has 2 fully saturated rings. The van der Waals surface area contributed by atoms with E-state index in [4.69, 9.17) is 10.00 Å². The van der Waals surface area contributed by atoms with Gasteiger partial charge in [0.25, 0.3) is 0 Å². The minimum Gasteiger partial charge on any atom is -0.375 e. The molecule has 5 nitrogen and oxygen atoms in total. The molecular formula is C16H27N3O2. The monoisotopic (exact) mass is 293 g/mol. The molecule has 0 unspecified atom stereocenters. The van der Waals surface area contributed by atoms with E-state index in [1.54, 1.807) is 0 Å². The van der Waals surface area contributed by atoms with Gasteiger partial charge in [0.1, 0.15) is 0 Å². The Morgan fingerprint density at radius 1 is 1.38 bits per heavy atom. The number of amides is 1. The lowest BCUT2D eigenvalue weighted by atomic mass is 9.82. The summed E-state index contributed by atoms with van der Waals surface area (Å²) in [5.74, 6) is 0.172. The molecule has 2 rings (SSSR count). The Morgan fingerprint density at radius 2 is 2.05 bits per heavy atom. The summed E-state index contributed by atoms with van der Waals surface area (Å²) in [7, 11) is 0. The first-order valence-corrected chi connectivity index (χ1v) is 7.98. The van der Waals surface area contributed by atoms with E-state index in [9.17, 15) is 4.79 Å². The number of hydrogen-bond acceptors (Lipinski definition) is 4. The molecule has 0 N–H and O–H groups in total. The number of nitrogens with zero attached hydrogens (tertiary/aromatic N) is 3. The molecule has 0 aromatic rings. The number of carbonyl (C=O) groups excluding carboxylic acids is 1. The van der Waals surface area contributed by atoms with Crippen molar-refractivity contribution in [3.8, 4) is 6.07 Å². The van der Waals surface area contributed by atoms with Gasteiger partial charge in [-0.15, -0.1) is 0 Å². The highest BCUT2D eigenvalue weighted by atomic mass is 16.5. The molecule has 21 heavy (non-hydrogen) atoms. The molecule has 0 aliphatic carbocycles. The topological polar surface area (TPSA) is 56.6 Å².